The van der Waals surface area contributed by atoms with Crippen molar-refractivity contribution >= 4 is 55.1 Å². The predicted octanol–water partition coefficient (Wildman–Crippen LogP) is 5.87. The van der Waals surface area contributed by atoms with Crippen LogP contribution in [0.5, 0.6) is 23.3 Å². The van der Waals surface area contributed by atoms with E-state index in [0.29, 0.717) is 67.0 Å². The van der Waals surface area contributed by atoms with Gasteiger partial charge in [0.2, 0.25) is 11.8 Å². The lowest BCUT2D eigenvalue weighted by atomic mass is 9.86. The van der Waals surface area contributed by atoms with Crippen LogP contribution in [-0.2, 0) is 14.3 Å². The van der Waals surface area contributed by atoms with Gasteiger partial charge >= 0.3 is 11.9 Å². The number of hydrogen-bond donors (Lipinski definition) is 2. The summed E-state index contributed by atoms with van der Waals surface area (Å²) in [5.41, 5.74) is 3.17. The highest BCUT2D eigenvalue weighted by molar-refractivity contribution is 9.11. The van der Waals surface area contributed by atoms with Crippen LogP contribution in [0.3, 0.4) is 0 Å². The molecule has 0 saturated carbocycles. The molecule has 0 fully saturated rings. The number of halogens is 2. The molecule has 0 bridgehead atoms. The zero-order chi connectivity index (χ0) is 30.0. The molecule has 218 valence electrons. The Bertz CT molecular complexity index is 1620. The van der Waals surface area contributed by atoms with E-state index >= 15 is 0 Å². The number of aromatic nitrogens is 1. The van der Waals surface area contributed by atoms with E-state index in [1.807, 2.05) is 29.2 Å². The lowest BCUT2D eigenvalue weighted by molar-refractivity contribution is -0.145. The second-order valence-electron chi connectivity index (χ2n) is 9.31. The SMILES string of the molecule is COC1=CC=C2C(=C(C(=O)Oc3c(Br)cccc3Br)c3cc(OC)ccc3N2CCCC(=O)On2c(O)ccc2O)C1. The van der Waals surface area contributed by atoms with Crippen molar-refractivity contribution in [3.05, 3.63) is 92.2 Å². The monoisotopic (exact) mass is 700 g/mol. The molecular formula is C30H26Br2N2O8. The van der Waals surface area contributed by atoms with Gasteiger partial charge in [-0.05, 0) is 86.3 Å². The van der Waals surface area contributed by atoms with Crippen molar-refractivity contribution in [3.8, 4) is 23.3 Å². The number of methoxy groups -OCH3 is 2. The van der Waals surface area contributed by atoms with Gasteiger partial charge in [0.05, 0.1) is 28.7 Å². The van der Waals surface area contributed by atoms with Crippen molar-refractivity contribution in [1.29, 1.82) is 0 Å². The van der Waals surface area contributed by atoms with E-state index < -0.39 is 23.7 Å². The Morgan fingerprint density at radius 1 is 0.952 bits per heavy atom. The van der Waals surface area contributed by atoms with E-state index in [4.69, 9.17) is 19.0 Å². The van der Waals surface area contributed by atoms with Crippen LogP contribution in [0.1, 0.15) is 24.8 Å². The molecule has 0 saturated heterocycles. The summed E-state index contributed by atoms with van der Waals surface area (Å²) in [6.45, 7) is 0.391. The summed E-state index contributed by atoms with van der Waals surface area (Å²) in [5, 5.41) is 19.5. The Morgan fingerprint density at radius 2 is 1.67 bits per heavy atom. The van der Waals surface area contributed by atoms with Gasteiger partial charge in [-0.25, -0.2) is 9.59 Å². The first-order valence-electron chi connectivity index (χ1n) is 12.8. The summed E-state index contributed by atoms with van der Waals surface area (Å²) in [7, 11) is 3.13. The second kappa shape index (κ2) is 12.4. The lowest BCUT2D eigenvalue weighted by Gasteiger charge is -2.37. The van der Waals surface area contributed by atoms with E-state index in [1.54, 1.807) is 38.5 Å². The molecule has 1 aromatic heterocycles. The van der Waals surface area contributed by atoms with Gasteiger partial charge in [-0.3, -0.25) is 0 Å². The number of nitrogens with zero attached hydrogens (tertiary/aromatic N) is 2. The molecule has 0 atom stereocenters. The zero-order valence-electron chi connectivity index (χ0n) is 22.6. The summed E-state index contributed by atoms with van der Waals surface area (Å²) in [5.74, 6) is -0.394. The van der Waals surface area contributed by atoms with Gasteiger partial charge in [-0.1, -0.05) is 6.07 Å². The molecule has 2 aliphatic rings. The normalized spacial score (nSPS) is 14.0. The number of esters is 1. The molecule has 0 amide bonds. The highest BCUT2D eigenvalue weighted by Gasteiger charge is 2.35. The van der Waals surface area contributed by atoms with Crippen LogP contribution in [0.2, 0.25) is 0 Å². The molecule has 10 nitrogen and oxygen atoms in total. The number of carbonyl (C=O) groups excluding carboxylic acids is 2. The molecule has 0 radical (unpaired) electrons. The summed E-state index contributed by atoms with van der Waals surface area (Å²) in [6, 6.07) is 13.3. The van der Waals surface area contributed by atoms with E-state index in [0.717, 1.165) is 11.4 Å². The van der Waals surface area contributed by atoms with Crippen molar-refractivity contribution in [1.82, 2.24) is 4.73 Å². The smallest absolute Gasteiger partial charge is 0.344 e. The Labute approximate surface area is 258 Å². The lowest BCUT2D eigenvalue weighted by Crippen LogP contribution is -2.33. The fourth-order valence-corrected chi connectivity index (χ4v) is 5.96. The molecule has 0 spiro atoms. The third-order valence-electron chi connectivity index (χ3n) is 6.78. The third-order valence-corrected chi connectivity index (χ3v) is 8.03. The highest BCUT2D eigenvalue weighted by Crippen LogP contribution is 2.46. The molecule has 2 aromatic carbocycles. The first kappa shape index (κ1) is 29.3. The van der Waals surface area contributed by atoms with E-state index in [9.17, 15) is 19.8 Å². The van der Waals surface area contributed by atoms with E-state index in [1.165, 1.54) is 12.1 Å². The summed E-state index contributed by atoms with van der Waals surface area (Å²) in [4.78, 5) is 33.5. The van der Waals surface area contributed by atoms with Crippen LogP contribution in [-0.4, -0.2) is 47.6 Å². The minimum atomic E-state index is -0.637. The second-order valence-corrected chi connectivity index (χ2v) is 11.0. The van der Waals surface area contributed by atoms with E-state index in [-0.39, 0.29) is 6.42 Å². The zero-order valence-corrected chi connectivity index (χ0v) is 25.8. The number of carbonyl (C=O) groups is 2. The molecular weight excluding hydrogens is 676 g/mol. The summed E-state index contributed by atoms with van der Waals surface area (Å²) >= 11 is 6.92. The quantitative estimate of drug-likeness (QED) is 0.209. The fraction of sp³-hybridized carbons (Fsp3) is 0.200. The van der Waals surface area contributed by atoms with Crippen LogP contribution in [0.4, 0.5) is 5.69 Å². The topological polar surface area (TPSA) is 120 Å². The average Bonchev–Trinajstić information content (AvgIpc) is 3.30. The van der Waals surface area contributed by atoms with Crippen LogP contribution >= 0.6 is 31.9 Å². The molecule has 1 aliphatic heterocycles. The van der Waals surface area contributed by atoms with Crippen molar-refractivity contribution < 1.29 is 38.9 Å². The number of aromatic hydroxyl groups is 2. The minimum Gasteiger partial charge on any atom is -0.501 e. The minimum absolute atomic E-state index is 0.00447. The van der Waals surface area contributed by atoms with Crippen molar-refractivity contribution in [2.24, 2.45) is 0 Å². The Hall–Kier alpha value is -4.16. The van der Waals surface area contributed by atoms with Crippen molar-refractivity contribution in [3.63, 3.8) is 0 Å². The van der Waals surface area contributed by atoms with Crippen molar-refractivity contribution in [2.45, 2.75) is 19.3 Å². The van der Waals surface area contributed by atoms with Crippen LogP contribution in [0.15, 0.2) is 86.7 Å². The molecule has 3 aromatic rings. The maximum absolute atomic E-state index is 13.9. The largest absolute Gasteiger partial charge is 0.501 e. The van der Waals surface area contributed by atoms with Gasteiger partial charge in [-0.2, -0.15) is 0 Å². The Morgan fingerprint density at radius 3 is 2.33 bits per heavy atom. The summed E-state index contributed by atoms with van der Waals surface area (Å²) in [6.07, 6.45) is 4.42. The number of para-hydroxylation sites is 1. The number of rotatable bonds is 9. The average molecular weight is 702 g/mol. The van der Waals surface area contributed by atoms with Gasteiger partial charge in [0.25, 0.3) is 0 Å². The Balaban J connectivity index is 1.49. The highest BCUT2D eigenvalue weighted by atomic mass is 79.9. The molecule has 12 heteroatoms. The van der Waals surface area contributed by atoms with Crippen molar-refractivity contribution in [2.75, 3.05) is 25.7 Å². The third kappa shape index (κ3) is 5.77. The van der Waals surface area contributed by atoms with Gasteiger partial charge in [-0.15, -0.1) is 4.73 Å². The maximum Gasteiger partial charge on any atom is 0.344 e. The van der Waals surface area contributed by atoms with Gasteiger partial charge < -0.3 is 34.2 Å². The predicted molar refractivity (Wildman–Crippen MR) is 161 cm³/mol. The number of ether oxygens (including phenoxy) is 3. The number of hydrogen-bond acceptors (Lipinski definition) is 9. The molecule has 5 rings (SSSR count). The first-order valence-corrected chi connectivity index (χ1v) is 14.4. The number of benzene rings is 2. The standard InChI is InChI=1S/C30H26Br2N2O8/c1-39-17-8-10-23-19(15-17)28(30(38)41-29-21(31)5-3-6-22(29)32)20-16-18(40-2)9-11-24(20)33(23)14-4-7-27(37)42-34-25(35)12-13-26(34)36/h3,5-6,8-13,15,35-36H,4,7,14,16H2,1-2H3. The van der Waals surface area contributed by atoms with Gasteiger partial charge in [0, 0.05) is 48.5 Å². The molecule has 0 unspecified atom stereocenters. The van der Waals surface area contributed by atoms with Gasteiger partial charge in [0.15, 0.2) is 5.75 Å². The molecule has 1 aliphatic carbocycles. The number of fused-ring (bicyclic) bond motifs is 2. The Kier molecular flexibility index (Phi) is 8.64. The molecule has 2 heterocycles. The molecule has 2 N–H and O–H groups in total. The number of allylic oxidation sites excluding steroid dienone is 4. The number of anilines is 1. The summed E-state index contributed by atoms with van der Waals surface area (Å²) < 4.78 is 18.9. The molecule has 42 heavy (non-hydrogen) atoms. The van der Waals surface area contributed by atoms with Crippen LogP contribution in [0.25, 0.3) is 5.57 Å². The van der Waals surface area contributed by atoms with Crippen LogP contribution in [0, 0.1) is 0 Å². The van der Waals surface area contributed by atoms with E-state index in [2.05, 4.69) is 31.9 Å². The first-order chi connectivity index (χ1) is 20.2. The van der Waals surface area contributed by atoms with Gasteiger partial charge in [0.1, 0.15) is 11.5 Å². The fourth-order valence-electron chi connectivity index (χ4n) is 4.80. The van der Waals surface area contributed by atoms with Crippen LogP contribution < -0.4 is 19.2 Å². The maximum atomic E-state index is 13.9.